The van der Waals surface area contributed by atoms with E-state index in [1.807, 2.05) is 43.5 Å². The molecule has 0 aliphatic rings. The fraction of sp³-hybridized carbons (Fsp3) is 0.357. The van der Waals surface area contributed by atoms with Gasteiger partial charge in [-0.2, -0.15) is 0 Å². The van der Waals surface area contributed by atoms with E-state index in [0.717, 1.165) is 22.0 Å². The quantitative estimate of drug-likeness (QED) is 0.901. The van der Waals surface area contributed by atoms with Crippen LogP contribution in [-0.4, -0.2) is 22.8 Å². The molecule has 2 rings (SSSR count). The topological polar surface area (TPSA) is 42.4 Å². The fourth-order valence-electron chi connectivity index (χ4n) is 1.62. The molecule has 1 heterocycles. The summed E-state index contributed by atoms with van der Waals surface area (Å²) in [5.41, 5.74) is 2.03. The van der Waals surface area contributed by atoms with E-state index in [-0.39, 0.29) is 12.7 Å². The van der Waals surface area contributed by atoms with Crippen LogP contribution < -0.4 is 4.74 Å². The molecule has 2 aromatic rings. The largest absolute Gasteiger partial charge is 0.491 e. The zero-order valence-corrected chi connectivity index (χ0v) is 11.4. The summed E-state index contributed by atoms with van der Waals surface area (Å²) < 4.78 is 5.60. The summed E-state index contributed by atoms with van der Waals surface area (Å²) in [6.07, 6.45) is 0.803. The third kappa shape index (κ3) is 3.31. The van der Waals surface area contributed by atoms with Crippen LogP contribution in [-0.2, 0) is 6.42 Å². The second-order valence-electron chi connectivity index (χ2n) is 4.31. The molecule has 0 saturated heterocycles. The lowest BCUT2D eigenvalue weighted by atomic mass is 10.2. The third-order valence-electron chi connectivity index (χ3n) is 2.39. The Balaban J connectivity index is 2.12. The van der Waals surface area contributed by atoms with E-state index in [4.69, 9.17) is 9.84 Å². The van der Waals surface area contributed by atoms with Crippen LogP contribution in [0.3, 0.4) is 0 Å². The molecule has 0 aliphatic carbocycles. The van der Waals surface area contributed by atoms with Crippen LogP contribution >= 0.6 is 11.3 Å². The number of rotatable bonds is 5. The zero-order chi connectivity index (χ0) is 13.0. The van der Waals surface area contributed by atoms with Crippen molar-refractivity contribution in [3.8, 4) is 16.3 Å². The Kier molecular flexibility index (Phi) is 4.33. The number of benzene rings is 1. The van der Waals surface area contributed by atoms with Crippen LogP contribution in [0.1, 0.15) is 19.5 Å². The second-order valence-corrected chi connectivity index (χ2v) is 5.17. The predicted molar refractivity (Wildman–Crippen MR) is 74.1 cm³/mol. The van der Waals surface area contributed by atoms with Crippen LogP contribution in [0.2, 0.25) is 0 Å². The maximum absolute atomic E-state index is 8.87. The van der Waals surface area contributed by atoms with Crippen molar-refractivity contribution in [2.45, 2.75) is 26.4 Å². The Morgan fingerprint density at radius 3 is 2.61 bits per heavy atom. The minimum Gasteiger partial charge on any atom is -0.491 e. The average molecular weight is 263 g/mol. The minimum absolute atomic E-state index is 0.143. The first kappa shape index (κ1) is 13.1. The number of aliphatic hydroxyl groups is 1. The van der Waals surface area contributed by atoms with Crippen LogP contribution in [0.15, 0.2) is 29.6 Å². The molecular weight excluding hydrogens is 246 g/mol. The Morgan fingerprint density at radius 1 is 1.28 bits per heavy atom. The SMILES string of the molecule is CC(C)Oc1ccc(-c2nc(CCO)cs2)cc1. The molecule has 0 spiro atoms. The van der Waals surface area contributed by atoms with Gasteiger partial charge in [-0.25, -0.2) is 4.98 Å². The van der Waals surface area contributed by atoms with E-state index in [9.17, 15) is 0 Å². The van der Waals surface area contributed by atoms with Gasteiger partial charge in [0.05, 0.1) is 11.8 Å². The number of hydrogen-bond donors (Lipinski definition) is 1. The Hall–Kier alpha value is -1.39. The van der Waals surface area contributed by atoms with Gasteiger partial charge in [0.15, 0.2) is 0 Å². The van der Waals surface area contributed by atoms with Crippen molar-refractivity contribution in [1.29, 1.82) is 0 Å². The van der Waals surface area contributed by atoms with Crippen molar-refractivity contribution in [2.75, 3.05) is 6.61 Å². The minimum atomic E-state index is 0.143. The second kappa shape index (κ2) is 5.98. The molecule has 0 saturated carbocycles. The van der Waals surface area contributed by atoms with Crippen molar-refractivity contribution in [3.63, 3.8) is 0 Å². The first-order valence-corrected chi connectivity index (χ1v) is 6.89. The highest BCUT2D eigenvalue weighted by Crippen LogP contribution is 2.26. The van der Waals surface area contributed by atoms with Gasteiger partial charge in [-0.1, -0.05) is 0 Å². The van der Waals surface area contributed by atoms with Crippen molar-refractivity contribution < 1.29 is 9.84 Å². The fourth-order valence-corrected chi connectivity index (χ4v) is 2.48. The molecule has 4 heteroatoms. The van der Waals surface area contributed by atoms with Gasteiger partial charge in [0.2, 0.25) is 0 Å². The summed E-state index contributed by atoms with van der Waals surface area (Å²) in [7, 11) is 0. The van der Waals surface area contributed by atoms with Gasteiger partial charge < -0.3 is 9.84 Å². The normalized spacial score (nSPS) is 10.9. The summed E-state index contributed by atoms with van der Waals surface area (Å²) in [6.45, 7) is 4.16. The van der Waals surface area contributed by atoms with E-state index in [1.54, 1.807) is 11.3 Å². The molecule has 1 aromatic carbocycles. The molecule has 1 aromatic heterocycles. The number of ether oxygens (including phenoxy) is 1. The standard InChI is InChI=1S/C14H17NO2S/c1-10(2)17-13-5-3-11(4-6-13)14-15-12(7-8-16)9-18-14/h3-6,9-10,16H,7-8H2,1-2H3. The number of aromatic nitrogens is 1. The maximum atomic E-state index is 8.87. The van der Waals surface area contributed by atoms with Crippen LogP contribution in [0.25, 0.3) is 10.6 Å². The highest BCUT2D eigenvalue weighted by molar-refractivity contribution is 7.13. The van der Waals surface area contributed by atoms with Gasteiger partial charge in [0.25, 0.3) is 0 Å². The van der Waals surface area contributed by atoms with Gasteiger partial charge in [-0.15, -0.1) is 11.3 Å². The molecule has 0 fully saturated rings. The summed E-state index contributed by atoms with van der Waals surface area (Å²) >= 11 is 1.60. The molecular formula is C14H17NO2S. The summed E-state index contributed by atoms with van der Waals surface area (Å²) in [4.78, 5) is 4.48. The Morgan fingerprint density at radius 2 is 2.00 bits per heavy atom. The van der Waals surface area contributed by atoms with E-state index in [1.165, 1.54) is 0 Å². The summed E-state index contributed by atoms with van der Waals surface area (Å²) in [6, 6.07) is 7.95. The van der Waals surface area contributed by atoms with Gasteiger partial charge in [-0.3, -0.25) is 0 Å². The number of nitrogens with zero attached hydrogens (tertiary/aromatic N) is 1. The van der Waals surface area contributed by atoms with Crippen LogP contribution in [0.4, 0.5) is 0 Å². The molecule has 0 bridgehead atoms. The number of hydrogen-bond acceptors (Lipinski definition) is 4. The molecule has 18 heavy (non-hydrogen) atoms. The lowest BCUT2D eigenvalue weighted by Crippen LogP contribution is -2.05. The van der Waals surface area contributed by atoms with Gasteiger partial charge >= 0.3 is 0 Å². The summed E-state index contributed by atoms with van der Waals surface area (Å²) in [5, 5.41) is 11.8. The average Bonchev–Trinajstić information content (AvgIpc) is 2.78. The molecule has 0 atom stereocenters. The van der Waals surface area contributed by atoms with E-state index in [0.29, 0.717) is 6.42 Å². The molecule has 0 unspecified atom stereocenters. The van der Waals surface area contributed by atoms with Crippen molar-refractivity contribution in [2.24, 2.45) is 0 Å². The third-order valence-corrected chi connectivity index (χ3v) is 3.33. The lowest BCUT2D eigenvalue weighted by molar-refractivity contribution is 0.242. The first-order valence-electron chi connectivity index (χ1n) is 6.01. The molecule has 0 amide bonds. The smallest absolute Gasteiger partial charge is 0.123 e. The number of thiazole rings is 1. The van der Waals surface area contributed by atoms with E-state index < -0.39 is 0 Å². The predicted octanol–water partition coefficient (Wildman–Crippen LogP) is 3.13. The zero-order valence-electron chi connectivity index (χ0n) is 10.6. The van der Waals surface area contributed by atoms with Gasteiger partial charge in [-0.05, 0) is 38.1 Å². The molecule has 96 valence electrons. The van der Waals surface area contributed by atoms with Crippen LogP contribution in [0, 0.1) is 0 Å². The van der Waals surface area contributed by atoms with E-state index in [2.05, 4.69) is 4.98 Å². The van der Waals surface area contributed by atoms with Crippen molar-refractivity contribution in [1.82, 2.24) is 4.98 Å². The highest BCUT2D eigenvalue weighted by atomic mass is 32.1. The van der Waals surface area contributed by atoms with Gasteiger partial charge in [0.1, 0.15) is 10.8 Å². The Labute approximate surface area is 111 Å². The molecule has 0 aliphatic heterocycles. The van der Waals surface area contributed by atoms with Crippen LogP contribution in [0.5, 0.6) is 5.75 Å². The first-order chi connectivity index (χ1) is 8.69. The Bertz CT molecular complexity index is 491. The summed E-state index contributed by atoms with van der Waals surface area (Å²) in [5.74, 6) is 0.876. The lowest BCUT2D eigenvalue weighted by Gasteiger charge is -2.09. The molecule has 0 radical (unpaired) electrons. The number of aliphatic hydroxyl groups excluding tert-OH is 1. The molecule has 1 N–H and O–H groups in total. The van der Waals surface area contributed by atoms with Gasteiger partial charge in [0, 0.05) is 24.0 Å². The maximum Gasteiger partial charge on any atom is 0.123 e. The monoisotopic (exact) mass is 263 g/mol. The molecule has 3 nitrogen and oxygen atoms in total. The highest BCUT2D eigenvalue weighted by Gasteiger charge is 2.05. The van der Waals surface area contributed by atoms with Crippen molar-refractivity contribution >= 4 is 11.3 Å². The van der Waals surface area contributed by atoms with Crippen molar-refractivity contribution in [3.05, 3.63) is 35.3 Å². The van der Waals surface area contributed by atoms with E-state index >= 15 is 0 Å².